The van der Waals surface area contributed by atoms with Crippen LogP contribution in [0.2, 0.25) is 0 Å². The molecule has 2 aliphatic rings. The molecule has 0 bridgehead atoms. The largest absolute Gasteiger partial charge is 0.493 e. The molecule has 3 heterocycles. The molecule has 12 nitrogen and oxygen atoms in total. The molecule has 1 N–H and O–H groups in total. The van der Waals surface area contributed by atoms with Crippen molar-refractivity contribution in [3.05, 3.63) is 54.2 Å². The van der Waals surface area contributed by atoms with Crippen molar-refractivity contribution in [2.45, 2.75) is 25.4 Å². The third-order valence-corrected chi connectivity index (χ3v) is 9.55. The van der Waals surface area contributed by atoms with Crippen molar-refractivity contribution in [1.82, 2.24) is 19.2 Å². The van der Waals surface area contributed by atoms with Gasteiger partial charge < -0.3 is 29.2 Å². The van der Waals surface area contributed by atoms with Crippen LogP contribution in [-0.4, -0.2) is 99.6 Å². The van der Waals surface area contributed by atoms with Gasteiger partial charge in [0.2, 0.25) is 16.0 Å². The summed E-state index contributed by atoms with van der Waals surface area (Å²) in [5.41, 5.74) is 2.54. The first-order valence-electron chi connectivity index (χ1n) is 14.7. The summed E-state index contributed by atoms with van der Waals surface area (Å²) in [6.45, 7) is 4.08. The highest BCUT2D eigenvalue weighted by atomic mass is 32.2. The third-order valence-electron chi connectivity index (χ3n) is 7.59. The summed E-state index contributed by atoms with van der Waals surface area (Å²) in [6, 6.07) is 14.8. The number of hydrogen-bond acceptors (Lipinski definition) is 11. The van der Waals surface area contributed by atoms with Crippen LogP contribution < -0.4 is 19.5 Å². The zero-order chi connectivity index (χ0) is 30.9. The van der Waals surface area contributed by atoms with Gasteiger partial charge >= 0.3 is 0 Å². The van der Waals surface area contributed by atoms with Crippen molar-refractivity contribution < 1.29 is 27.4 Å². The molecule has 44 heavy (non-hydrogen) atoms. The van der Waals surface area contributed by atoms with E-state index in [2.05, 4.69) is 26.3 Å². The molecule has 0 saturated carbocycles. The summed E-state index contributed by atoms with van der Waals surface area (Å²) in [6.07, 6.45) is 3.65. The minimum Gasteiger partial charge on any atom is -0.493 e. The van der Waals surface area contributed by atoms with Gasteiger partial charge in [-0.15, -0.1) is 0 Å². The summed E-state index contributed by atoms with van der Waals surface area (Å²) >= 11 is 0. The van der Waals surface area contributed by atoms with E-state index in [1.54, 1.807) is 41.9 Å². The van der Waals surface area contributed by atoms with Crippen LogP contribution in [-0.2, 0) is 14.8 Å². The molecular formula is C31H38N6O6S. The highest BCUT2D eigenvalue weighted by Gasteiger charge is 2.25. The van der Waals surface area contributed by atoms with Crippen LogP contribution in [0.25, 0.3) is 11.3 Å². The van der Waals surface area contributed by atoms with Gasteiger partial charge in [-0.05, 0) is 49.9 Å². The minimum atomic E-state index is -3.31. The molecule has 0 radical (unpaired) electrons. The number of nitrogens with one attached hydrogen (secondary N) is 1. The molecule has 234 valence electrons. The summed E-state index contributed by atoms with van der Waals surface area (Å²) in [4.78, 5) is 11.1. The molecule has 0 unspecified atom stereocenters. The fourth-order valence-electron chi connectivity index (χ4n) is 5.05. The van der Waals surface area contributed by atoms with E-state index < -0.39 is 10.0 Å². The van der Waals surface area contributed by atoms with Crippen molar-refractivity contribution in [3.8, 4) is 34.6 Å². The second kappa shape index (κ2) is 14.7. The molecule has 3 aromatic rings. The predicted octanol–water partition coefficient (Wildman–Crippen LogP) is 3.67. The first kappa shape index (κ1) is 31.5. The Morgan fingerprint density at radius 2 is 1.82 bits per heavy atom. The van der Waals surface area contributed by atoms with Crippen LogP contribution in [0.5, 0.6) is 17.2 Å². The Kier molecular flexibility index (Phi) is 10.5. The van der Waals surface area contributed by atoms with Gasteiger partial charge in [0.1, 0.15) is 17.9 Å². The first-order chi connectivity index (χ1) is 21.3. The smallest absolute Gasteiger partial charge is 0.227 e. The number of aromatic nitrogens is 2. The number of rotatable bonds is 12. The maximum atomic E-state index is 12.7. The maximum Gasteiger partial charge on any atom is 0.227 e. The number of piperazine rings is 1. The average Bonchev–Trinajstić information content (AvgIpc) is 3.04. The van der Waals surface area contributed by atoms with Gasteiger partial charge in [-0.3, -0.25) is 0 Å². The number of sulfonamides is 1. The molecule has 13 heteroatoms. The topological polar surface area (TPSA) is 139 Å². The zero-order valence-electron chi connectivity index (χ0n) is 25.1. The Morgan fingerprint density at radius 3 is 2.57 bits per heavy atom. The number of nitrogens with zero attached hydrogens (tertiary/aromatic N) is 5. The van der Waals surface area contributed by atoms with E-state index in [1.165, 1.54) is 0 Å². The molecule has 0 atom stereocenters. The Morgan fingerprint density at radius 1 is 1.05 bits per heavy atom. The van der Waals surface area contributed by atoms with Crippen LogP contribution in [0, 0.1) is 11.3 Å². The van der Waals surface area contributed by atoms with E-state index in [0.29, 0.717) is 72.9 Å². The fraction of sp³-hybridized carbons (Fsp3) is 0.452. The van der Waals surface area contributed by atoms with Crippen molar-refractivity contribution in [3.63, 3.8) is 0 Å². The number of likely N-dealkylation sites (N-methyl/N-ethyl adjacent to an activating group) is 1. The molecular weight excluding hydrogens is 584 g/mol. The Bertz CT molecular complexity index is 1570. The molecule has 0 amide bonds. The molecule has 1 aromatic heterocycles. The SMILES string of the molecule is COc1cc(Nc2nccc(-c3ccc(OC4CCOCC4)c(C#N)c3)n2)ccc1OCCCS(=O)(=O)N1CCN(C)CC1. The molecule has 2 fully saturated rings. The lowest BCUT2D eigenvalue weighted by atomic mass is 10.1. The van der Waals surface area contributed by atoms with E-state index in [0.717, 1.165) is 31.5 Å². The second-order valence-electron chi connectivity index (χ2n) is 10.7. The summed E-state index contributed by atoms with van der Waals surface area (Å²) in [5, 5.41) is 12.9. The van der Waals surface area contributed by atoms with E-state index >= 15 is 0 Å². The molecule has 2 aromatic carbocycles. The number of ether oxygens (including phenoxy) is 4. The predicted molar refractivity (Wildman–Crippen MR) is 166 cm³/mol. The van der Waals surface area contributed by atoms with E-state index in [9.17, 15) is 13.7 Å². The molecule has 0 aliphatic carbocycles. The molecule has 0 spiro atoms. The number of benzene rings is 2. The van der Waals surface area contributed by atoms with Crippen LogP contribution >= 0.6 is 0 Å². The van der Waals surface area contributed by atoms with Crippen molar-refractivity contribution in [2.75, 3.05) is 71.2 Å². The van der Waals surface area contributed by atoms with Crippen molar-refractivity contribution >= 4 is 21.7 Å². The number of nitriles is 1. The van der Waals surface area contributed by atoms with Crippen LogP contribution in [0.3, 0.4) is 0 Å². The third kappa shape index (κ3) is 8.15. The Hall–Kier alpha value is -3.96. The molecule has 2 aliphatic heterocycles. The molecule has 5 rings (SSSR count). The lowest BCUT2D eigenvalue weighted by Crippen LogP contribution is -2.47. The van der Waals surface area contributed by atoms with Gasteiger partial charge in [-0.1, -0.05) is 0 Å². The standard InChI is InChI=1S/C31H38N6O6S/c1-36-12-14-37(15-13-36)44(38,39)19-3-16-42-29-7-5-25(21-30(29)40-2)34-31-33-11-8-27(35-31)23-4-6-28(24(20-23)22-32)43-26-9-17-41-18-10-26/h4-8,11,20-21,26H,3,9-10,12-19H2,1-2H3,(H,33,34,35). The number of anilines is 2. The first-order valence-corrected chi connectivity index (χ1v) is 16.3. The highest BCUT2D eigenvalue weighted by molar-refractivity contribution is 7.89. The zero-order valence-corrected chi connectivity index (χ0v) is 25.9. The number of hydrogen-bond donors (Lipinski definition) is 1. The van der Waals surface area contributed by atoms with Crippen molar-refractivity contribution in [2.24, 2.45) is 0 Å². The Balaban J connectivity index is 1.19. The summed E-state index contributed by atoms with van der Waals surface area (Å²) in [5.74, 6) is 1.96. The van der Waals surface area contributed by atoms with Gasteiger partial charge in [-0.2, -0.15) is 9.57 Å². The van der Waals surface area contributed by atoms with E-state index in [4.69, 9.17) is 18.9 Å². The second-order valence-corrected chi connectivity index (χ2v) is 12.8. The van der Waals surface area contributed by atoms with E-state index in [-0.39, 0.29) is 18.5 Å². The number of methoxy groups -OCH3 is 1. The normalized spacial score (nSPS) is 16.7. The average molecular weight is 623 g/mol. The monoisotopic (exact) mass is 622 g/mol. The maximum absolute atomic E-state index is 12.7. The Labute approximate surface area is 258 Å². The van der Waals surface area contributed by atoms with Gasteiger partial charge in [0, 0.05) is 62.5 Å². The summed E-state index contributed by atoms with van der Waals surface area (Å²) < 4.78 is 49.8. The lowest BCUT2D eigenvalue weighted by Gasteiger charge is -2.31. The van der Waals surface area contributed by atoms with Gasteiger partial charge in [-0.25, -0.2) is 18.4 Å². The lowest BCUT2D eigenvalue weighted by molar-refractivity contribution is 0.0254. The minimum absolute atomic E-state index is 0.0356. The van der Waals surface area contributed by atoms with Crippen LogP contribution in [0.4, 0.5) is 11.6 Å². The van der Waals surface area contributed by atoms with Crippen LogP contribution in [0.15, 0.2) is 48.7 Å². The van der Waals surface area contributed by atoms with Gasteiger partial charge in [0.15, 0.2) is 11.5 Å². The highest BCUT2D eigenvalue weighted by Crippen LogP contribution is 2.32. The van der Waals surface area contributed by atoms with E-state index in [1.807, 2.05) is 25.2 Å². The van der Waals surface area contributed by atoms with Crippen LogP contribution in [0.1, 0.15) is 24.8 Å². The van der Waals surface area contributed by atoms with Gasteiger partial charge in [0.05, 0.1) is 43.9 Å². The van der Waals surface area contributed by atoms with Gasteiger partial charge in [0.25, 0.3) is 0 Å². The van der Waals surface area contributed by atoms with Crippen molar-refractivity contribution in [1.29, 1.82) is 5.26 Å². The fourth-order valence-corrected chi connectivity index (χ4v) is 6.51. The quantitative estimate of drug-likeness (QED) is 0.296. The molecule has 2 saturated heterocycles. The summed E-state index contributed by atoms with van der Waals surface area (Å²) in [7, 11) is 0.229.